The van der Waals surface area contributed by atoms with Gasteiger partial charge in [-0.2, -0.15) is 4.98 Å². The van der Waals surface area contributed by atoms with Crippen molar-refractivity contribution in [2.24, 2.45) is 0 Å². The summed E-state index contributed by atoms with van der Waals surface area (Å²) in [5.74, 6) is 1.51. The molecule has 5 heteroatoms. The Balaban J connectivity index is 2.26. The topological polar surface area (TPSA) is 65.2 Å². The molecule has 0 unspecified atom stereocenters. The maximum absolute atomic E-state index is 10.9. The molecule has 1 aromatic carbocycles. The summed E-state index contributed by atoms with van der Waals surface area (Å²) >= 11 is 0. The van der Waals surface area contributed by atoms with E-state index in [0.717, 1.165) is 5.56 Å². The zero-order chi connectivity index (χ0) is 12.3. The number of benzene rings is 1. The summed E-state index contributed by atoms with van der Waals surface area (Å²) in [6.07, 6.45) is 0.188. The third-order valence-electron chi connectivity index (χ3n) is 2.19. The average molecular weight is 232 g/mol. The van der Waals surface area contributed by atoms with E-state index in [1.807, 2.05) is 18.2 Å². The Morgan fingerprint density at radius 1 is 1.47 bits per heavy atom. The molecular formula is C12H12N2O3. The van der Waals surface area contributed by atoms with Gasteiger partial charge in [-0.1, -0.05) is 11.2 Å². The Hall–Kier alpha value is -2.17. The van der Waals surface area contributed by atoms with Gasteiger partial charge in [-0.15, -0.1) is 0 Å². The number of rotatable bonds is 4. The Kier molecular flexibility index (Phi) is 3.18. The molecule has 2 aromatic rings. The van der Waals surface area contributed by atoms with Gasteiger partial charge >= 0.3 is 0 Å². The number of carbonyl (C=O) groups excluding carboxylic acids is 1. The number of nitrogens with zero attached hydrogens (tertiary/aromatic N) is 2. The van der Waals surface area contributed by atoms with E-state index in [0.29, 0.717) is 17.5 Å². The SMILES string of the molecule is COc1cccc(-c2nc(CC(C)=O)no2)c1. The highest BCUT2D eigenvalue weighted by atomic mass is 16.5. The van der Waals surface area contributed by atoms with Gasteiger partial charge < -0.3 is 9.26 Å². The molecule has 2 rings (SSSR count). The van der Waals surface area contributed by atoms with Gasteiger partial charge in [0.2, 0.25) is 0 Å². The van der Waals surface area contributed by atoms with Crippen LogP contribution < -0.4 is 4.74 Å². The molecule has 1 aromatic heterocycles. The van der Waals surface area contributed by atoms with Crippen molar-refractivity contribution in [3.05, 3.63) is 30.1 Å². The molecule has 0 radical (unpaired) electrons. The lowest BCUT2D eigenvalue weighted by molar-refractivity contribution is -0.116. The van der Waals surface area contributed by atoms with E-state index < -0.39 is 0 Å². The molecule has 0 aliphatic carbocycles. The first-order chi connectivity index (χ1) is 8.19. The molecule has 17 heavy (non-hydrogen) atoms. The zero-order valence-corrected chi connectivity index (χ0v) is 9.64. The van der Waals surface area contributed by atoms with Crippen molar-refractivity contribution in [2.75, 3.05) is 7.11 Å². The molecule has 88 valence electrons. The van der Waals surface area contributed by atoms with Crippen LogP contribution in [0, 0.1) is 0 Å². The van der Waals surface area contributed by atoms with Crippen molar-refractivity contribution in [2.45, 2.75) is 13.3 Å². The zero-order valence-electron chi connectivity index (χ0n) is 9.64. The van der Waals surface area contributed by atoms with Crippen LogP contribution in [-0.2, 0) is 11.2 Å². The van der Waals surface area contributed by atoms with E-state index in [1.54, 1.807) is 13.2 Å². The maximum atomic E-state index is 10.9. The normalized spacial score (nSPS) is 10.2. The van der Waals surface area contributed by atoms with E-state index in [4.69, 9.17) is 9.26 Å². The van der Waals surface area contributed by atoms with Gasteiger partial charge in [0, 0.05) is 5.56 Å². The van der Waals surface area contributed by atoms with E-state index in [-0.39, 0.29) is 12.2 Å². The average Bonchev–Trinajstić information content (AvgIpc) is 2.77. The smallest absolute Gasteiger partial charge is 0.258 e. The third-order valence-corrected chi connectivity index (χ3v) is 2.19. The quantitative estimate of drug-likeness (QED) is 0.805. The Morgan fingerprint density at radius 2 is 2.29 bits per heavy atom. The molecule has 0 fully saturated rings. The lowest BCUT2D eigenvalue weighted by Crippen LogP contribution is -1.97. The highest BCUT2D eigenvalue weighted by molar-refractivity contribution is 5.77. The number of hydrogen-bond acceptors (Lipinski definition) is 5. The van der Waals surface area contributed by atoms with Crippen LogP contribution in [0.25, 0.3) is 11.5 Å². The van der Waals surface area contributed by atoms with Gasteiger partial charge in [-0.3, -0.25) is 4.79 Å². The van der Waals surface area contributed by atoms with Gasteiger partial charge in [0.25, 0.3) is 5.89 Å². The maximum Gasteiger partial charge on any atom is 0.258 e. The number of hydrogen-bond donors (Lipinski definition) is 0. The lowest BCUT2D eigenvalue weighted by Gasteiger charge is -1.99. The second-order valence-electron chi connectivity index (χ2n) is 3.63. The number of carbonyl (C=O) groups is 1. The largest absolute Gasteiger partial charge is 0.497 e. The van der Waals surface area contributed by atoms with Crippen molar-refractivity contribution < 1.29 is 14.1 Å². The Morgan fingerprint density at radius 3 is 3.00 bits per heavy atom. The predicted octanol–water partition coefficient (Wildman–Crippen LogP) is 1.88. The van der Waals surface area contributed by atoms with E-state index in [1.165, 1.54) is 6.92 Å². The fraction of sp³-hybridized carbons (Fsp3) is 0.250. The van der Waals surface area contributed by atoms with Crippen molar-refractivity contribution >= 4 is 5.78 Å². The van der Waals surface area contributed by atoms with Crippen LogP contribution in [-0.4, -0.2) is 23.0 Å². The van der Waals surface area contributed by atoms with Crippen LogP contribution in [0.4, 0.5) is 0 Å². The highest BCUT2D eigenvalue weighted by Crippen LogP contribution is 2.22. The van der Waals surface area contributed by atoms with Gasteiger partial charge in [-0.25, -0.2) is 0 Å². The van der Waals surface area contributed by atoms with E-state index >= 15 is 0 Å². The van der Waals surface area contributed by atoms with Gasteiger partial charge in [0.15, 0.2) is 5.82 Å². The van der Waals surface area contributed by atoms with Crippen LogP contribution in [0.2, 0.25) is 0 Å². The first kappa shape index (κ1) is 11.3. The summed E-state index contributed by atoms with van der Waals surface area (Å²) in [5.41, 5.74) is 0.770. The second-order valence-corrected chi connectivity index (χ2v) is 3.63. The van der Waals surface area contributed by atoms with Gasteiger partial charge in [0.1, 0.15) is 11.5 Å². The van der Waals surface area contributed by atoms with Crippen molar-refractivity contribution in [3.8, 4) is 17.2 Å². The second kappa shape index (κ2) is 4.78. The number of ketones is 1. The number of methoxy groups -OCH3 is 1. The molecule has 5 nitrogen and oxygen atoms in total. The van der Waals surface area contributed by atoms with Gasteiger partial charge in [-0.05, 0) is 25.1 Å². The minimum Gasteiger partial charge on any atom is -0.497 e. The summed E-state index contributed by atoms with van der Waals surface area (Å²) < 4.78 is 10.2. The summed E-state index contributed by atoms with van der Waals surface area (Å²) in [4.78, 5) is 15.1. The monoisotopic (exact) mass is 232 g/mol. The molecule has 0 N–H and O–H groups in total. The van der Waals surface area contributed by atoms with Crippen LogP contribution in [0.15, 0.2) is 28.8 Å². The van der Waals surface area contributed by atoms with E-state index in [2.05, 4.69) is 10.1 Å². The predicted molar refractivity (Wildman–Crippen MR) is 60.7 cm³/mol. The highest BCUT2D eigenvalue weighted by Gasteiger charge is 2.10. The number of Topliss-reactive ketones (excluding diaryl/α,β-unsaturated/α-hetero) is 1. The first-order valence-corrected chi connectivity index (χ1v) is 5.15. The van der Waals surface area contributed by atoms with Crippen LogP contribution in [0.5, 0.6) is 5.75 Å². The van der Waals surface area contributed by atoms with Crippen molar-refractivity contribution in [1.29, 1.82) is 0 Å². The number of aromatic nitrogens is 2. The van der Waals surface area contributed by atoms with Crippen LogP contribution in [0.3, 0.4) is 0 Å². The first-order valence-electron chi connectivity index (χ1n) is 5.15. The fourth-order valence-corrected chi connectivity index (χ4v) is 1.42. The minimum atomic E-state index is 0.00277. The minimum absolute atomic E-state index is 0.00277. The lowest BCUT2D eigenvalue weighted by atomic mass is 10.2. The Labute approximate surface area is 98.4 Å². The molecule has 0 saturated heterocycles. The summed E-state index contributed by atoms with van der Waals surface area (Å²) in [6.45, 7) is 1.49. The van der Waals surface area contributed by atoms with Crippen molar-refractivity contribution in [3.63, 3.8) is 0 Å². The van der Waals surface area contributed by atoms with Crippen molar-refractivity contribution in [1.82, 2.24) is 10.1 Å². The molecule has 0 spiro atoms. The van der Waals surface area contributed by atoms with Gasteiger partial charge in [0.05, 0.1) is 13.5 Å². The summed E-state index contributed by atoms with van der Waals surface area (Å²) in [6, 6.07) is 7.30. The van der Waals surface area contributed by atoms with E-state index in [9.17, 15) is 4.79 Å². The van der Waals surface area contributed by atoms with Crippen LogP contribution in [0.1, 0.15) is 12.7 Å². The fourth-order valence-electron chi connectivity index (χ4n) is 1.42. The van der Waals surface area contributed by atoms with Crippen LogP contribution >= 0.6 is 0 Å². The third kappa shape index (κ3) is 2.69. The molecule has 0 aliphatic heterocycles. The number of ether oxygens (including phenoxy) is 1. The Bertz CT molecular complexity index is 534. The molecule has 1 heterocycles. The molecule has 0 bridgehead atoms. The summed E-state index contributed by atoms with van der Waals surface area (Å²) in [5, 5.41) is 3.74. The molecule has 0 amide bonds. The molecule has 0 saturated carbocycles. The molecule has 0 aliphatic rings. The summed E-state index contributed by atoms with van der Waals surface area (Å²) in [7, 11) is 1.59. The molecule has 0 atom stereocenters. The standard InChI is InChI=1S/C12H12N2O3/c1-8(15)6-11-13-12(17-14-11)9-4-3-5-10(7-9)16-2/h3-5,7H,6H2,1-2H3. The molecular weight excluding hydrogens is 220 g/mol.